The molecule has 0 aliphatic rings. The van der Waals surface area contributed by atoms with Crippen molar-refractivity contribution in [1.29, 1.82) is 0 Å². The normalized spacial score (nSPS) is 12.1. The number of aromatic amines is 1. The lowest BCUT2D eigenvalue weighted by atomic mass is 10.5. The van der Waals surface area contributed by atoms with Crippen molar-refractivity contribution in [2.75, 3.05) is 7.11 Å². The van der Waals surface area contributed by atoms with Gasteiger partial charge in [-0.3, -0.25) is 9.59 Å². The molecule has 0 bridgehead atoms. The fourth-order valence-electron chi connectivity index (χ4n) is 0.853. The number of aliphatic carboxylic acids is 1. The highest BCUT2D eigenvalue weighted by Crippen LogP contribution is 2.26. The maximum absolute atomic E-state index is 11.2. The zero-order valence-electron chi connectivity index (χ0n) is 8.18. The second-order valence-electron chi connectivity index (χ2n) is 2.67. The Morgan fingerprint density at radius 3 is 2.93 bits per heavy atom. The van der Waals surface area contributed by atoms with Crippen LogP contribution in [0.5, 0.6) is 5.75 Å². The summed E-state index contributed by atoms with van der Waals surface area (Å²) in [5, 5.41) is 8.29. The van der Waals surface area contributed by atoms with Gasteiger partial charge in [-0.2, -0.15) is 0 Å². The van der Waals surface area contributed by atoms with Gasteiger partial charge in [-0.15, -0.1) is 0 Å². The van der Waals surface area contributed by atoms with E-state index in [1.807, 2.05) is 0 Å². The maximum Gasteiger partial charge on any atom is 0.316 e. The summed E-state index contributed by atoms with van der Waals surface area (Å²) in [6.45, 7) is 1.51. The molecule has 1 atom stereocenters. The minimum absolute atomic E-state index is 0.0376. The van der Waals surface area contributed by atoms with E-state index in [4.69, 9.17) is 9.84 Å². The van der Waals surface area contributed by atoms with Gasteiger partial charge in [-0.1, -0.05) is 11.8 Å². The summed E-state index contributed by atoms with van der Waals surface area (Å²) in [7, 11) is 1.34. The van der Waals surface area contributed by atoms with E-state index in [0.717, 1.165) is 11.8 Å². The predicted molar refractivity (Wildman–Crippen MR) is 54.4 cm³/mol. The number of carboxylic acids is 1. The molecule has 6 nitrogen and oxygen atoms in total. The molecule has 1 heterocycles. The summed E-state index contributed by atoms with van der Waals surface area (Å²) < 4.78 is 4.84. The molecule has 0 aliphatic heterocycles. The predicted octanol–water partition coefficient (Wildman–Crippen LogP) is 0.344. The van der Waals surface area contributed by atoms with Gasteiger partial charge in [-0.05, 0) is 6.92 Å². The minimum atomic E-state index is -0.968. The molecule has 0 spiro atoms. The Kier molecular flexibility index (Phi) is 3.73. The lowest BCUT2D eigenvalue weighted by Crippen LogP contribution is -2.15. The molecule has 0 amide bonds. The molecule has 1 unspecified atom stereocenters. The molecule has 0 aromatic carbocycles. The van der Waals surface area contributed by atoms with E-state index in [9.17, 15) is 9.59 Å². The van der Waals surface area contributed by atoms with Crippen LogP contribution in [0.15, 0.2) is 16.1 Å². The monoisotopic (exact) mass is 230 g/mol. The van der Waals surface area contributed by atoms with Crippen LogP contribution in [-0.4, -0.2) is 33.4 Å². The molecule has 0 radical (unpaired) electrons. The number of carboxylic acid groups (broad SMARTS) is 1. The summed E-state index contributed by atoms with van der Waals surface area (Å²) in [5.41, 5.74) is -0.424. The summed E-state index contributed by atoms with van der Waals surface area (Å²) in [6.07, 6.45) is 1.21. The molecule has 7 heteroatoms. The third kappa shape index (κ3) is 2.72. The first-order chi connectivity index (χ1) is 7.06. The van der Waals surface area contributed by atoms with Gasteiger partial charge in [-0.25, -0.2) is 4.98 Å². The second-order valence-corrected chi connectivity index (χ2v) is 4.00. The van der Waals surface area contributed by atoms with Crippen molar-refractivity contribution in [1.82, 2.24) is 9.97 Å². The van der Waals surface area contributed by atoms with Gasteiger partial charge < -0.3 is 14.8 Å². The fraction of sp³-hybridized carbons (Fsp3) is 0.375. The first kappa shape index (κ1) is 11.6. The van der Waals surface area contributed by atoms with Crippen LogP contribution in [0.25, 0.3) is 0 Å². The van der Waals surface area contributed by atoms with Crippen LogP contribution in [0.3, 0.4) is 0 Å². The molecular formula is C8H10N2O4S. The number of carbonyl (C=O) groups is 1. The van der Waals surface area contributed by atoms with Gasteiger partial charge in [0.25, 0.3) is 5.56 Å². The van der Waals surface area contributed by atoms with Crippen molar-refractivity contribution in [3.05, 3.63) is 16.7 Å². The Balaban J connectivity index is 2.99. The largest absolute Gasteiger partial charge is 0.489 e. The van der Waals surface area contributed by atoms with Crippen LogP contribution in [0.1, 0.15) is 6.92 Å². The number of H-pyrrole nitrogens is 1. The Hall–Kier alpha value is -1.50. The van der Waals surface area contributed by atoms with E-state index in [2.05, 4.69) is 9.97 Å². The second kappa shape index (κ2) is 4.83. The number of rotatable bonds is 4. The summed E-state index contributed by atoms with van der Waals surface area (Å²) in [4.78, 5) is 28.0. The molecule has 0 fully saturated rings. The van der Waals surface area contributed by atoms with Crippen LogP contribution in [-0.2, 0) is 4.79 Å². The quantitative estimate of drug-likeness (QED) is 0.572. The number of hydrogen-bond acceptors (Lipinski definition) is 5. The number of ether oxygens (including phenoxy) is 1. The molecule has 1 rings (SSSR count). The lowest BCUT2D eigenvalue weighted by Gasteiger charge is -2.07. The summed E-state index contributed by atoms with van der Waals surface area (Å²) >= 11 is 0.961. The average Bonchev–Trinajstić information content (AvgIpc) is 2.18. The minimum Gasteiger partial charge on any atom is -0.489 e. The van der Waals surface area contributed by atoms with E-state index in [0.29, 0.717) is 0 Å². The smallest absolute Gasteiger partial charge is 0.316 e. The number of nitrogens with zero attached hydrogens (tertiary/aromatic N) is 1. The van der Waals surface area contributed by atoms with Crippen molar-refractivity contribution >= 4 is 17.7 Å². The van der Waals surface area contributed by atoms with Crippen molar-refractivity contribution in [3.8, 4) is 5.75 Å². The molecule has 82 valence electrons. The molecule has 1 aromatic heterocycles. The summed E-state index contributed by atoms with van der Waals surface area (Å²) in [5.74, 6) is -0.931. The molecule has 0 aliphatic carbocycles. The number of thioether (sulfide) groups is 1. The third-order valence-electron chi connectivity index (χ3n) is 1.62. The summed E-state index contributed by atoms with van der Waals surface area (Å²) in [6, 6.07) is 0. The zero-order chi connectivity index (χ0) is 11.4. The first-order valence-corrected chi connectivity index (χ1v) is 4.95. The van der Waals surface area contributed by atoms with E-state index in [-0.39, 0.29) is 10.8 Å². The van der Waals surface area contributed by atoms with Crippen LogP contribution in [0.2, 0.25) is 0 Å². The molecule has 0 saturated heterocycles. The maximum atomic E-state index is 11.2. The van der Waals surface area contributed by atoms with Crippen LogP contribution in [0, 0.1) is 0 Å². The standard InChI is InChI=1S/C8H10N2O4S/c1-4(8(12)13)15-7-5(14-2)6(11)9-3-10-7/h3-4H,1-2H3,(H,12,13)(H,9,10,11). The first-order valence-electron chi connectivity index (χ1n) is 4.07. The van der Waals surface area contributed by atoms with Crippen LogP contribution >= 0.6 is 11.8 Å². The molecule has 0 saturated carbocycles. The Morgan fingerprint density at radius 2 is 2.40 bits per heavy atom. The van der Waals surface area contributed by atoms with Crippen molar-refractivity contribution < 1.29 is 14.6 Å². The SMILES string of the molecule is COc1c(SC(C)C(=O)O)nc[nH]c1=O. The number of nitrogens with one attached hydrogen (secondary N) is 1. The third-order valence-corrected chi connectivity index (χ3v) is 2.69. The van der Waals surface area contributed by atoms with Crippen molar-refractivity contribution in [2.45, 2.75) is 17.2 Å². The van der Waals surface area contributed by atoms with Crippen molar-refractivity contribution in [3.63, 3.8) is 0 Å². The Labute approximate surface area is 89.7 Å². The molecule has 15 heavy (non-hydrogen) atoms. The van der Waals surface area contributed by atoms with E-state index < -0.39 is 16.8 Å². The van der Waals surface area contributed by atoms with Gasteiger partial charge in [0, 0.05) is 0 Å². The van der Waals surface area contributed by atoms with Crippen molar-refractivity contribution in [2.24, 2.45) is 0 Å². The molecular weight excluding hydrogens is 220 g/mol. The van der Waals surface area contributed by atoms with Gasteiger partial charge in [0.2, 0.25) is 5.75 Å². The Morgan fingerprint density at radius 1 is 1.73 bits per heavy atom. The van der Waals surface area contributed by atoms with Gasteiger partial charge in [0.15, 0.2) is 0 Å². The number of methoxy groups -OCH3 is 1. The van der Waals surface area contributed by atoms with Crippen LogP contribution < -0.4 is 10.3 Å². The average molecular weight is 230 g/mol. The highest BCUT2D eigenvalue weighted by molar-refractivity contribution is 8.00. The fourth-order valence-corrected chi connectivity index (χ4v) is 1.68. The van der Waals surface area contributed by atoms with Gasteiger partial charge in [0.05, 0.1) is 13.4 Å². The highest BCUT2D eigenvalue weighted by atomic mass is 32.2. The number of hydrogen-bond donors (Lipinski definition) is 2. The molecule has 1 aromatic rings. The lowest BCUT2D eigenvalue weighted by molar-refractivity contribution is -0.136. The topological polar surface area (TPSA) is 92.3 Å². The van der Waals surface area contributed by atoms with E-state index in [1.165, 1.54) is 20.4 Å². The van der Waals surface area contributed by atoms with Gasteiger partial charge in [0.1, 0.15) is 10.3 Å². The van der Waals surface area contributed by atoms with E-state index >= 15 is 0 Å². The molecule has 2 N–H and O–H groups in total. The number of aromatic nitrogens is 2. The van der Waals surface area contributed by atoms with E-state index in [1.54, 1.807) is 0 Å². The van der Waals surface area contributed by atoms with Crippen LogP contribution in [0.4, 0.5) is 0 Å². The Bertz CT molecular complexity index is 417. The zero-order valence-corrected chi connectivity index (χ0v) is 9.00. The van der Waals surface area contributed by atoms with Gasteiger partial charge >= 0.3 is 5.97 Å². The highest BCUT2D eigenvalue weighted by Gasteiger charge is 2.17.